The van der Waals surface area contributed by atoms with Crippen LogP contribution in [0.5, 0.6) is 0 Å². The van der Waals surface area contributed by atoms with Crippen molar-refractivity contribution in [2.75, 3.05) is 18.8 Å². The van der Waals surface area contributed by atoms with Crippen molar-refractivity contribution >= 4 is 12.6 Å². The molecule has 0 aliphatic carbocycles. The summed E-state index contributed by atoms with van der Waals surface area (Å²) in [5, 5.41) is 0. The van der Waals surface area contributed by atoms with Crippen LogP contribution in [-0.4, -0.2) is 23.7 Å². The van der Waals surface area contributed by atoms with Crippen LogP contribution < -0.4 is 0 Å². The van der Waals surface area contributed by atoms with Crippen molar-refractivity contribution in [2.45, 2.75) is 32.2 Å². The Hall–Kier alpha value is -0.470. The normalized spacial score (nSPS) is 21.6. The van der Waals surface area contributed by atoms with E-state index in [1.807, 2.05) is 0 Å². The van der Waals surface area contributed by atoms with Gasteiger partial charge in [-0.15, -0.1) is 0 Å². The van der Waals surface area contributed by atoms with E-state index in [2.05, 4.69) is 47.9 Å². The lowest BCUT2D eigenvalue weighted by Gasteiger charge is -2.32. The summed E-state index contributed by atoms with van der Waals surface area (Å²) in [6, 6.07) is 10.8. The van der Waals surface area contributed by atoms with Crippen molar-refractivity contribution < 1.29 is 0 Å². The Balaban J connectivity index is 1.81. The van der Waals surface area contributed by atoms with Gasteiger partial charge in [-0.25, -0.2) is 0 Å². The summed E-state index contributed by atoms with van der Waals surface area (Å²) in [6.07, 6.45) is 5.41. The molecular formula is C15H23NS. The van der Waals surface area contributed by atoms with Gasteiger partial charge in [0.05, 0.1) is 0 Å². The zero-order valence-electron chi connectivity index (χ0n) is 10.5. The van der Waals surface area contributed by atoms with Crippen LogP contribution in [0.1, 0.15) is 31.2 Å². The lowest BCUT2D eigenvalue weighted by atomic mass is 9.93. The number of likely N-dealkylation sites (tertiary alicyclic amines) is 1. The van der Waals surface area contributed by atoms with Gasteiger partial charge in [-0.3, -0.25) is 4.90 Å². The Morgan fingerprint density at radius 1 is 1.24 bits per heavy atom. The molecule has 1 fully saturated rings. The second kappa shape index (κ2) is 7.07. The van der Waals surface area contributed by atoms with E-state index in [0.29, 0.717) is 0 Å². The van der Waals surface area contributed by atoms with Gasteiger partial charge in [0.1, 0.15) is 0 Å². The molecule has 1 aromatic rings. The van der Waals surface area contributed by atoms with Crippen LogP contribution in [0.3, 0.4) is 0 Å². The SMILES string of the molecule is SCCC[C@H]1CCCN(Cc2ccccc2)C1. The highest BCUT2D eigenvalue weighted by Gasteiger charge is 2.19. The molecule has 0 radical (unpaired) electrons. The van der Waals surface area contributed by atoms with Crippen LogP contribution in [0.25, 0.3) is 0 Å². The molecule has 0 amide bonds. The average molecular weight is 249 g/mol. The van der Waals surface area contributed by atoms with Crippen molar-refractivity contribution in [1.29, 1.82) is 0 Å². The molecule has 0 spiro atoms. The quantitative estimate of drug-likeness (QED) is 0.780. The first-order chi connectivity index (χ1) is 8.38. The molecule has 1 aliphatic heterocycles. The number of benzene rings is 1. The fourth-order valence-corrected chi connectivity index (χ4v) is 2.93. The zero-order chi connectivity index (χ0) is 11.9. The fraction of sp³-hybridized carbons (Fsp3) is 0.600. The molecule has 1 atom stereocenters. The largest absolute Gasteiger partial charge is 0.299 e. The Labute approximate surface area is 111 Å². The molecular weight excluding hydrogens is 226 g/mol. The lowest BCUT2D eigenvalue weighted by Crippen LogP contribution is -2.34. The monoisotopic (exact) mass is 249 g/mol. The van der Waals surface area contributed by atoms with E-state index in [9.17, 15) is 0 Å². The Bertz CT molecular complexity index is 312. The molecule has 0 N–H and O–H groups in total. The van der Waals surface area contributed by atoms with Gasteiger partial charge in [0, 0.05) is 13.1 Å². The predicted molar refractivity (Wildman–Crippen MR) is 77.5 cm³/mol. The van der Waals surface area contributed by atoms with Crippen molar-refractivity contribution in [3.63, 3.8) is 0 Å². The van der Waals surface area contributed by atoms with Crippen molar-refractivity contribution in [1.82, 2.24) is 4.90 Å². The summed E-state index contributed by atoms with van der Waals surface area (Å²) >= 11 is 4.31. The second-order valence-corrected chi connectivity index (χ2v) is 5.54. The van der Waals surface area contributed by atoms with Crippen LogP contribution in [0.15, 0.2) is 30.3 Å². The maximum absolute atomic E-state index is 4.31. The Morgan fingerprint density at radius 3 is 2.82 bits per heavy atom. The molecule has 0 bridgehead atoms. The highest BCUT2D eigenvalue weighted by Crippen LogP contribution is 2.22. The molecule has 1 aromatic carbocycles. The lowest BCUT2D eigenvalue weighted by molar-refractivity contribution is 0.161. The van der Waals surface area contributed by atoms with Crippen molar-refractivity contribution in [2.24, 2.45) is 5.92 Å². The third-order valence-corrected chi connectivity index (χ3v) is 3.94. The number of rotatable bonds is 5. The van der Waals surface area contributed by atoms with Gasteiger partial charge in [-0.05, 0) is 49.5 Å². The molecule has 2 heteroatoms. The number of thiol groups is 1. The van der Waals surface area contributed by atoms with Crippen LogP contribution >= 0.6 is 12.6 Å². The second-order valence-electron chi connectivity index (χ2n) is 5.09. The number of nitrogens with zero attached hydrogens (tertiary/aromatic N) is 1. The van der Waals surface area contributed by atoms with E-state index >= 15 is 0 Å². The molecule has 1 heterocycles. The van der Waals surface area contributed by atoms with Crippen LogP contribution in [-0.2, 0) is 6.54 Å². The van der Waals surface area contributed by atoms with Gasteiger partial charge in [0.2, 0.25) is 0 Å². The topological polar surface area (TPSA) is 3.24 Å². The molecule has 2 rings (SSSR count). The Kier molecular flexibility index (Phi) is 5.40. The van der Waals surface area contributed by atoms with Crippen molar-refractivity contribution in [3.8, 4) is 0 Å². The van der Waals surface area contributed by atoms with Gasteiger partial charge in [0.15, 0.2) is 0 Å². The zero-order valence-corrected chi connectivity index (χ0v) is 11.4. The average Bonchev–Trinajstić information content (AvgIpc) is 2.38. The third-order valence-electron chi connectivity index (χ3n) is 3.62. The van der Waals surface area contributed by atoms with Crippen LogP contribution in [0.2, 0.25) is 0 Å². The van der Waals surface area contributed by atoms with Gasteiger partial charge >= 0.3 is 0 Å². The first-order valence-corrected chi connectivity index (χ1v) is 7.39. The third kappa shape index (κ3) is 4.36. The molecule has 0 saturated carbocycles. The minimum Gasteiger partial charge on any atom is -0.299 e. The minimum absolute atomic E-state index is 0.902. The summed E-state index contributed by atoms with van der Waals surface area (Å²) in [4.78, 5) is 2.61. The van der Waals surface area contributed by atoms with Gasteiger partial charge < -0.3 is 0 Å². The number of hydrogen-bond acceptors (Lipinski definition) is 2. The summed E-state index contributed by atoms with van der Waals surface area (Å²) in [5.74, 6) is 1.94. The van der Waals surface area contributed by atoms with Crippen LogP contribution in [0, 0.1) is 5.92 Å². The first-order valence-electron chi connectivity index (χ1n) is 6.75. The molecule has 0 unspecified atom stereocenters. The van der Waals surface area contributed by atoms with E-state index in [0.717, 1.165) is 18.2 Å². The van der Waals surface area contributed by atoms with E-state index in [1.165, 1.54) is 44.3 Å². The highest BCUT2D eigenvalue weighted by atomic mass is 32.1. The molecule has 1 aliphatic rings. The summed E-state index contributed by atoms with van der Waals surface area (Å²) < 4.78 is 0. The highest BCUT2D eigenvalue weighted by molar-refractivity contribution is 7.80. The van der Waals surface area contributed by atoms with Gasteiger partial charge in [-0.2, -0.15) is 12.6 Å². The molecule has 1 saturated heterocycles. The molecule has 17 heavy (non-hydrogen) atoms. The summed E-state index contributed by atoms with van der Waals surface area (Å²) in [7, 11) is 0. The van der Waals surface area contributed by atoms with E-state index < -0.39 is 0 Å². The number of piperidine rings is 1. The summed E-state index contributed by atoms with van der Waals surface area (Å²) in [5.41, 5.74) is 1.45. The van der Waals surface area contributed by atoms with Crippen LogP contribution in [0.4, 0.5) is 0 Å². The maximum Gasteiger partial charge on any atom is 0.0233 e. The summed E-state index contributed by atoms with van der Waals surface area (Å²) in [6.45, 7) is 3.67. The minimum atomic E-state index is 0.902. The molecule has 94 valence electrons. The van der Waals surface area contributed by atoms with E-state index in [-0.39, 0.29) is 0 Å². The Morgan fingerprint density at radius 2 is 2.06 bits per heavy atom. The number of hydrogen-bond donors (Lipinski definition) is 1. The van der Waals surface area contributed by atoms with Gasteiger partial charge in [0.25, 0.3) is 0 Å². The smallest absolute Gasteiger partial charge is 0.0233 e. The van der Waals surface area contributed by atoms with Crippen molar-refractivity contribution in [3.05, 3.63) is 35.9 Å². The first kappa shape index (κ1) is 13.0. The maximum atomic E-state index is 4.31. The molecule has 1 nitrogen and oxygen atoms in total. The fourth-order valence-electron chi connectivity index (χ4n) is 2.75. The van der Waals surface area contributed by atoms with Gasteiger partial charge in [-0.1, -0.05) is 30.3 Å². The molecule has 0 aromatic heterocycles. The van der Waals surface area contributed by atoms with E-state index in [1.54, 1.807) is 0 Å². The standard InChI is InChI=1S/C15H23NS/c17-11-5-9-15-8-4-10-16(13-15)12-14-6-2-1-3-7-14/h1-3,6-7,15,17H,4-5,8-13H2/t15-/m1/s1. The van der Waals surface area contributed by atoms with E-state index in [4.69, 9.17) is 0 Å². The predicted octanol–water partition coefficient (Wildman–Crippen LogP) is 3.61.